The van der Waals surface area contributed by atoms with Crippen LogP contribution in [0.2, 0.25) is 0 Å². The number of tetrazole rings is 1. The van der Waals surface area contributed by atoms with Crippen molar-refractivity contribution < 1.29 is 13.2 Å². The van der Waals surface area contributed by atoms with E-state index >= 15 is 0 Å². The van der Waals surface area contributed by atoms with Crippen LogP contribution in [0.1, 0.15) is 0 Å². The van der Waals surface area contributed by atoms with Crippen LogP contribution in [0.4, 0.5) is 11.6 Å². The number of hydrogen-bond donors (Lipinski definition) is 2. The second kappa shape index (κ2) is 4.63. The summed E-state index contributed by atoms with van der Waals surface area (Å²) >= 11 is 0. The summed E-state index contributed by atoms with van der Waals surface area (Å²) < 4.78 is 32.0. The van der Waals surface area contributed by atoms with E-state index in [4.69, 9.17) is 4.74 Å². The number of aromatic nitrogens is 4. The Kier molecular flexibility index (Phi) is 2.93. The molecule has 10 heteroatoms. The molecule has 9 nitrogen and oxygen atoms in total. The Balaban J connectivity index is 1.94. The molecule has 1 aromatic heterocycles. The van der Waals surface area contributed by atoms with Crippen LogP contribution >= 0.6 is 0 Å². The highest BCUT2D eigenvalue weighted by Gasteiger charge is 2.21. The molecule has 1 aliphatic heterocycles. The minimum atomic E-state index is -3.77. The van der Waals surface area contributed by atoms with Gasteiger partial charge < -0.3 is 9.64 Å². The average Bonchev–Trinajstić information content (AvgIpc) is 2.91. The fourth-order valence-corrected chi connectivity index (χ4v) is 2.84. The lowest BCUT2D eigenvalue weighted by Crippen LogP contribution is -2.29. The summed E-state index contributed by atoms with van der Waals surface area (Å²) in [6, 6.07) is 4.69. The third-order valence-electron chi connectivity index (χ3n) is 2.91. The van der Waals surface area contributed by atoms with Gasteiger partial charge in [-0.2, -0.15) is 5.21 Å². The zero-order valence-corrected chi connectivity index (χ0v) is 11.4. The zero-order chi connectivity index (χ0) is 14.2. The maximum atomic E-state index is 12.2. The smallest absolute Gasteiger partial charge is 0.276 e. The monoisotopic (exact) mass is 296 g/mol. The van der Waals surface area contributed by atoms with Crippen LogP contribution in [0, 0.1) is 0 Å². The molecule has 1 aromatic carbocycles. The maximum absolute atomic E-state index is 12.2. The minimum Gasteiger partial charge on any atom is -0.490 e. The molecular formula is C10H12N6O3S. The van der Waals surface area contributed by atoms with Gasteiger partial charge in [0.1, 0.15) is 12.4 Å². The van der Waals surface area contributed by atoms with Crippen LogP contribution < -0.4 is 14.4 Å². The zero-order valence-electron chi connectivity index (χ0n) is 10.6. The molecular weight excluding hydrogens is 284 g/mol. The summed E-state index contributed by atoms with van der Waals surface area (Å²) in [5.74, 6) is 0.426. The standard InChI is InChI=1S/C10H12N6O3S/c1-16-4-5-19-9-6-7(2-3-8(9)16)20(17,18)13-10-11-14-15-12-10/h2-3,6H,4-5H2,1H3,(H2,11,12,13,14,15). The lowest BCUT2D eigenvalue weighted by Gasteiger charge is -2.27. The molecule has 0 unspecified atom stereocenters. The summed E-state index contributed by atoms with van der Waals surface area (Å²) in [7, 11) is -1.84. The van der Waals surface area contributed by atoms with Gasteiger partial charge in [0.25, 0.3) is 16.0 Å². The maximum Gasteiger partial charge on any atom is 0.276 e. The highest BCUT2D eigenvalue weighted by Crippen LogP contribution is 2.33. The largest absolute Gasteiger partial charge is 0.490 e. The summed E-state index contributed by atoms with van der Waals surface area (Å²) in [5, 5.41) is 12.6. The van der Waals surface area contributed by atoms with Crippen LogP contribution in [0.15, 0.2) is 23.1 Å². The van der Waals surface area contributed by atoms with E-state index in [0.717, 1.165) is 12.2 Å². The third-order valence-corrected chi connectivity index (χ3v) is 4.23. The third kappa shape index (κ3) is 2.25. The van der Waals surface area contributed by atoms with Gasteiger partial charge in [0.15, 0.2) is 0 Å². The Hall–Kier alpha value is -2.36. The fourth-order valence-electron chi connectivity index (χ4n) is 1.89. The minimum absolute atomic E-state index is 0.0800. The number of likely N-dealkylation sites (N-methyl/N-ethyl adjacent to an activating group) is 1. The van der Waals surface area contributed by atoms with Crippen molar-refractivity contribution in [3.63, 3.8) is 0 Å². The molecule has 0 atom stereocenters. The first kappa shape index (κ1) is 12.7. The van der Waals surface area contributed by atoms with E-state index in [1.165, 1.54) is 12.1 Å². The Morgan fingerprint density at radius 1 is 1.45 bits per heavy atom. The molecule has 2 heterocycles. The van der Waals surface area contributed by atoms with Gasteiger partial charge >= 0.3 is 0 Å². The second-order valence-electron chi connectivity index (χ2n) is 4.24. The number of hydrogen-bond acceptors (Lipinski definition) is 7. The normalized spacial score (nSPS) is 14.6. The molecule has 2 aromatic rings. The van der Waals surface area contributed by atoms with E-state index in [0.29, 0.717) is 12.4 Å². The highest BCUT2D eigenvalue weighted by atomic mass is 32.2. The van der Waals surface area contributed by atoms with Gasteiger partial charge in [-0.3, -0.25) is 0 Å². The first-order valence-electron chi connectivity index (χ1n) is 5.80. The molecule has 0 saturated heterocycles. The number of nitrogens with one attached hydrogen (secondary N) is 2. The Morgan fingerprint density at radius 3 is 3.05 bits per heavy atom. The molecule has 0 amide bonds. The molecule has 0 aliphatic carbocycles. The number of sulfonamides is 1. The van der Waals surface area contributed by atoms with Crippen LogP contribution in [-0.4, -0.2) is 49.2 Å². The van der Waals surface area contributed by atoms with Gasteiger partial charge in [-0.05, 0) is 17.3 Å². The molecule has 2 N–H and O–H groups in total. The highest BCUT2D eigenvalue weighted by molar-refractivity contribution is 7.92. The molecule has 106 valence electrons. The van der Waals surface area contributed by atoms with E-state index in [9.17, 15) is 8.42 Å². The number of rotatable bonds is 3. The van der Waals surface area contributed by atoms with Crippen molar-refractivity contribution in [2.45, 2.75) is 4.90 Å². The van der Waals surface area contributed by atoms with Gasteiger partial charge in [0.05, 0.1) is 17.1 Å². The molecule has 0 fully saturated rings. The van der Waals surface area contributed by atoms with Crippen LogP contribution in [0.3, 0.4) is 0 Å². The molecule has 0 saturated carbocycles. The van der Waals surface area contributed by atoms with Crippen molar-refractivity contribution in [1.82, 2.24) is 20.6 Å². The first-order chi connectivity index (χ1) is 9.56. The summed E-state index contributed by atoms with van der Waals surface area (Å²) in [6.07, 6.45) is 0. The topological polar surface area (TPSA) is 113 Å². The van der Waals surface area contributed by atoms with Crippen molar-refractivity contribution in [3.8, 4) is 5.75 Å². The van der Waals surface area contributed by atoms with Crippen molar-refractivity contribution in [3.05, 3.63) is 18.2 Å². The van der Waals surface area contributed by atoms with E-state index in [1.807, 2.05) is 11.9 Å². The number of H-pyrrole nitrogens is 1. The van der Waals surface area contributed by atoms with E-state index in [2.05, 4.69) is 25.3 Å². The second-order valence-corrected chi connectivity index (χ2v) is 5.92. The summed E-state index contributed by atoms with van der Waals surface area (Å²) in [6.45, 7) is 1.28. The van der Waals surface area contributed by atoms with Crippen LogP contribution in [0.5, 0.6) is 5.75 Å². The number of benzene rings is 1. The van der Waals surface area contributed by atoms with Crippen LogP contribution in [-0.2, 0) is 10.0 Å². The van der Waals surface area contributed by atoms with Crippen molar-refractivity contribution in [1.29, 1.82) is 0 Å². The molecule has 3 rings (SSSR count). The molecule has 0 bridgehead atoms. The van der Waals surface area contributed by atoms with Gasteiger partial charge in [-0.25, -0.2) is 13.1 Å². The van der Waals surface area contributed by atoms with Gasteiger partial charge in [-0.1, -0.05) is 5.10 Å². The molecule has 1 aliphatic rings. The van der Waals surface area contributed by atoms with Crippen molar-refractivity contribution >= 4 is 21.7 Å². The van der Waals surface area contributed by atoms with Crippen LogP contribution in [0.25, 0.3) is 0 Å². The predicted molar refractivity (Wildman–Crippen MR) is 70.2 cm³/mol. The number of fused-ring (bicyclic) bond motifs is 1. The average molecular weight is 296 g/mol. The molecule has 20 heavy (non-hydrogen) atoms. The number of aromatic amines is 1. The van der Waals surface area contributed by atoms with Gasteiger partial charge in [0, 0.05) is 13.1 Å². The number of anilines is 2. The predicted octanol–water partition coefficient (Wildman–Crippen LogP) is -0.171. The number of ether oxygens (including phenoxy) is 1. The summed E-state index contributed by atoms with van der Waals surface area (Å²) in [4.78, 5) is 2.08. The SMILES string of the molecule is CN1CCOc2cc(S(=O)(=O)Nc3nn[nH]n3)ccc21. The number of nitrogens with zero attached hydrogens (tertiary/aromatic N) is 4. The van der Waals surface area contributed by atoms with E-state index in [1.54, 1.807) is 6.07 Å². The molecule has 0 radical (unpaired) electrons. The summed E-state index contributed by atoms with van der Waals surface area (Å²) in [5.41, 5.74) is 0.856. The Morgan fingerprint density at radius 2 is 2.30 bits per heavy atom. The van der Waals surface area contributed by atoms with Gasteiger partial charge in [0.2, 0.25) is 0 Å². The molecule has 0 spiro atoms. The van der Waals surface area contributed by atoms with Gasteiger partial charge in [-0.15, -0.1) is 5.10 Å². The lowest BCUT2D eigenvalue weighted by molar-refractivity contribution is 0.310. The Bertz CT molecular complexity index is 715. The Labute approximate surface area is 115 Å². The van der Waals surface area contributed by atoms with Crippen molar-refractivity contribution in [2.75, 3.05) is 29.8 Å². The van der Waals surface area contributed by atoms with E-state index < -0.39 is 10.0 Å². The fraction of sp³-hybridized carbons (Fsp3) is 0.300. The quantitative estimate of drug-likeness (QED) is 0.808. The first-order valence-corrected chi connectivity index (χ1v) is 7.29. The van der Waals surface area contributed by atoms with Crippen molar-refractivity contribution in [2.24, 2.45) is 0 Å². The van der Waals surface area contributed by atoms with E-state index in [-0.39, 0.29) is 10.8 Å². The lowest BCUT2D eigenvalue weighted by atomic mass is 10.2.